The predicted octanol–water partition coefficient (Wildman–Crippen LogP) is 0.117. The lowest BCUT2D eigenvalue weighted by atomic mass is 10.2. The molecule has 90 valence electrons. The predicted molar refractivity (Wildman–Crippen MR) is 66.0 cm³/mol. The zero-order chi connectivity index (χ0) is 12.0. The van der Waals surface area contributed by atoms with Crippen molar-refractivity contribution in [3.63, 3.8) is 0 Å². The van der Waals surface area contributed by atoms with Crippen molar-refractivity contribution in [3.05, 3.63) is 18.0 Å². The number of aromatic nitrogens is 2. The Morgan fingerprint density at radius 3 is 3.06 bits per heavy atom. The van der Waals surface area contributed by atoms with Gasteiger partial charge >= 0.3 is 0 Å². The number of nitrogens with one attached hydrogen (secondary N) is 1. The van der Waals surface area contributed by atoms with E-state index < -0.39 is 6.04 Å². The third kappa shape index (κ3) is 4.24. The van der Waals surface area contributed by atoms with Crippen molar-refractivity contribution in [1.29, 1.82) is 0 Å². The van der Waals surface area contributed by atoms with Crippen LogP contribution in [0.3, 0.4) is 0 Å². The molecule has 0 bridgehead atoms. The molecular formula is C10H18N4OS. The summed E-state index contributed by atoms with van der Waals surface area (Å²) in [4.78, 5) is 11.6. The second-order valence-electron chi connectivity index (χ2n) is 3.63. The number of aryl methyl sites for hydroxylation is 1. The third-order valence-electron chi connectivity index (χ3n) is 2.19. The van der Waals surface area contributed by atoms with Gasteiger partial charge in [0.1, 0.15) is 0 Å². The summed E-state index contributed by atoms with van der Waals surface area (Å²) in [5.41, 5.74) is 6.71. The molecule has 0 radical (unpaired) electrons. The number of thioether (sulfide) groups is 1. The summed E-state index contributed by atoms with van der Waals surface area (Å²) in [6.45, 7) is 0.486. The molecule has 0 fully saturated rings. The summed E-state index contributed by atoms with van der Waals surface area (Å²) in [7, 11) is 1.84. The highest BCUT2D eigenvalue weighted by Gasteiger charge is 2.12. The Kier molecular flexibility index (Phi) is 5.34. The van der Waals surface area contributed by atoms with Crippen LogP contribution in [0.25, 0.3) is 0 Å². The molecule has 3 N–H and O–H groups in total. The van der Waals surface area contributed by atoms with Crippen LogP contribution < -0.4 is 11.1 Å². The van der Waals surface area contributed by atoms with E-state index in [1.807, 2.05) is 19.5 Å². The summed E-state index contributed by atoms with van der Waals surface area (Å²) in [6.07, 6.45) is 6.31. The number of nitrogens with zero attached hydrogens (tertiary/aromatic N) is 2. The smallest absolute Gasteiger partial charge is 0.237 e. The van der Waals surface area contributed by atoms with E-state index in [9.17, 15) is 4.79 Å². The van der Waals surface area contributed by atoms with Crippen molar-refractivity contribution in [1.82, 2.24) is 15.1 Å². The van der Waals surface area contributed by atoms with Crippen molar-refractivity contribution >= 4 is 17.7 Å². The fraction of sp³-hybridized carbons (Fsp3) is 0.600. The first-order valence-corrected chi connectivity index (χ1v) is 6.52. The lowest BCUT2D eigenvalue weighted by molar-refractivity contribution is -0.122. The second kappa shape index (κ2) is 6.55. The zero-order valence-electron chi connectivity index (χ0n) is 9.64. The van der Waals surface area contributed by atoms with Crippen LogP contribution >= 0.6 is 11.8 Å². The molecule has 0 aliphatic heterocycles. The van der Waals surface area contributed by atoms with Crippen molar-refractivity contribution in [2.24, 2.45) is 12.8 Å². The number of amides is 1. The first-order valence-electron chi connectivity index (χ1n) is 5.13. The Hall–Kier alpha value is -1.01. The average Bonchev–Trinajstić information content (AvgIpc) is 2.68. The normalized spacial score (nSPS) is 12.4. The quantitative estimate of drug-likeness (QED) is 0.743. The van der Waals surface area contributed by atoms with Crippen LogP contribution in [0.15, 0.2) is 12.4 Å². The van der Waals surface area contributed by atoms with Gasteiger partial charge in [-0.05, 0) is 18.4 Å². The first-order chi connectivity index (χ1) is 7.63. The van der Waals surface area contributed by atoms with Gasteiger partial charge in [0.15, 0.2) is 0 Å². The number of carbonyl (C=O) groups excluding carboxylic acids is 1. The molecule has 1 amide bonds. The maximum absolute atomic E-state index is 11.6. The van der Waals surface area contributed by atoms with Gasteiger partial charge < -0.3 is 11.1 Å². The van der Waals surface area contributed by atoms with E-state index >= 15 is 0 Å². The van der Waals surface area contributed by atoms with Crippen LogP contribution in [-0.4, -0.2) is 33.7 Å². The van der Waals surface area contributed by atoms with Crippen LogP contribution in [0.2, 0.25) is 0 Å². The van der Waals surface area contributed by atoms with Crippen LogP contribution in [0.4, 0.5) is 0 Å². The summed E-state index contributed by atoms with van der Waals surface area (Å²) in [5.74, 6) is 0.805. The van der Waals surface area contributed by atoms with Gasteiger partial charge in [-0.3, -0.25) is 9.48 Å². The van der Waals surface area contributed by atoms with E-state index in [4.69, 9.17) is 5.73 Å². The van der Waals surface area contributed by atoms with Gasteiger partial charge in [-0.25, -0.2) is 0 Å². The molecule has 0 aromatic carbocycles. The lowest BCUT2D eigenvalue weighted by Gasteiger charge is -2.10. The van der Waals surface area contributed by atoms with Gasteiger partial charge in [-0.2, -0.15) is 16.9 Å². The van der Waals surface area contributed by atoms with Crippen LogP contribution in [0.5, 0.6) is 0 Å². The minimum atomic E-state index is -0.413. The Morgan fingerprint density at radius 2 is 2.50 bits per heavy atom. The second-order valence-corrected chi connectivity index (χ2v) is 4.61. The monoisotopic (exact) mass is 242 g/mol. The van der Waals surface area contributed by atoms with Gasteiger partial charge in [0.2, 0.25) is 5.91 Å². The van der Waals surface area contributed by atoms with Gasteiger partial charge in [0.25, 0.3) is 0 Å². The van der Waals surface area contributed by atoms with Gasteiger partial charge in [0, 0.05) is 25.4 Å². The van der Waals surface area contributed by atoms with Crippen LogP contribution in [0.1, 0.15) is 12.0 Å². The van der Waals surface area contributed by atoms with E-state index in [0.717, 1.165) is 11.3 Å². The SMILES string of the molecule is CSCC[C@H](N)C(=O)NCc1cnn(C)c1. The third-order valence-corrected chi connectivity index (χ3v) is 2.84. The highest BCUT2D eigenvalue weighted by atomic mass is 32.2. The first kappa shape index (κ1) is 13.1. The lowest BCUT2D eigenvalue weighted by Crippen LogP contribution is -2.40. The van der Waals surface area contributed by atoms with Gasteiger partial charge in [0.05, 0.1) is 12.2 Å². The molecule has 6 heteroatoms. The Morgan fingerprint density at radius 1 is 1.75 bits per heavy atom. The molecule has 16 heavy (non-hydrogen) atoms. The summed E-state index contributed by atoms with van der Waals surface area (Å²) >= 11 is 1.69. The Balaban J connectivity index is 2.29. The van der Waals surface area contributed by atoms with Crippen LogP contribution in [0, 0.1) is 0 Å². The Bertz CT molecular complexity index is 339. The highest BCUT2D eigenvalue weighted by Crippen LogP contribution is 2.00. The van der Waals surface area contributed by atoms with Crippen molar-refractivity contribution in [2.75, 3.05) is 12.0 Å². The van der Waals surface area contributed by atoms with E-state index in [2.05, 4.69) is 10.4 Å². The molecule has 1 aromatic heterocycles. The number of carbonyl (C=O) groups is 1. The van der Waals surface area contributed by atoms with Gasteiger partial charge in [-0.1, -0.05) is 0 Å². The number of hydrogen-bond donors (Lipinski definition) is 2. The van der Waals surface area contributed by atoms with Crippen molar-refractivity contribution < 1.29 is 4.79 Å². The summed E-state index contributed by atoms with van der Waals surface area (Å²) in [6, 6.07) is -0.413. The zero-order valence-corrected chi connectivity index (χ0v) is 10.5. The minimum absolute atomic E-state index is 0.0992. The Labute approximate surface area is 99.8 Å². The molecule has 0 spiro atoms. The van der Waals surface area contributed by atoms with E-state index in [0.29, 0.717) is 13.0 Å². The fourth-order valence-corrected chi connectivity index (χ4v) is 1.75. The van der Waals surface area contributed by atoms with Crippen molar-refractivity contribution in [3.8, 4) is 0 Å². The summed E-state index contributed by atoms with van der Waals surface area (Å²) < 4.78 is 1.70. The standard InChI is InChI=1S/C10H18N4OS/c1-14-7-8(6-13-14)5-12-10(15)9(11)3-4-16-2/h6-7,9H,3-5,11H2,1-2H3,(H,12,15)/t9-/m0/s1. The van der Waals surface area contributed by atoms with E-state index in [-0.39, 0.29) is 5.91 Å². The summed E-state index contributed by atoms with van der Waals surface area (Å²) in [5, 5.41) is 6.81. The molecule has 0 unspecified atom stereocenters. The van der Waals surface area contributed by atoms with E-state index in [1.54, 1.807) is 22.6 Å². The molecule has 0 aliphatic rings. The molecule has 1 atom stereocenters. The van der Waals surface area contributed by atoms with E-state index in [1.165, 1.54) is 0 Å². The molecule has 5 nitrogen and oxygen atoms in total. The number of rotatable bonds is 6. The molecule has 0 saturated heterocycles. The number of nitrogens with two attached hydrogens (primary N) is 1. The highest BCUT2D eigenvalue weighted by molar-refractivity contribution is 7.98. The topological polar surface area (TPSA) is 72.9 Å². The molecule has 0 saturated carbocycles. The fourth-order valence-electron chi connectivity index (χ4n) is 1.26. The average molecular weight is 242 g/mol. The van der Waals surface area contributed by atoms with Crippen molar-refractivity contribution in [2.45, 2.75) is 19.0 Å². The molecular weight excluding hydrogens is 224 g/mol. The molecule has 0 aliphatic carbocycles. The molecule has 1 aromatic rings. The van der Waals surface area contributed by atoms with Gasteiger partial charge in [-0.15, -0.1) is 0 Å². The number of hydrogen-bond acceptors (Lipinski definition) is 4. The van der Waals surface area contributed by atoms with Crippen LogP contribution in [-0.2, 0) is 18.4 Å². The largest absolute Gasteiger partial charge is 0.351 e. The maximum Gasteiger partial charge on any atom is 0.237 e. The minimum Gasteiger partial charge on any atom is -0.351 e. The molecule has 1 rings (SSSR count). The molecule has 1 heterocycles. The maximum atomic E-state index is 11.6.